The number of benzene rings is 2. The zero-order valence-corrected chi connectivity index (χ0v) is 11.2. The molecule has 0 aliphatic carbocycles. The van der Waals surface area contributed by atoms with Crippen LogP contribution >= 0.6 is 0 Å². The molecule has 0 spiro atoms. The molecule has 0 bridgehead atoms. The molecule has 1 N–H and O–H groups in total. The minimum atomic E-state index is -0.233. The lowest BCUT2D eigenvalue weighted by molar-refractivity contribution is 0.330. The lowest BCUT2D eigenvalue weighted by Crippen LogP contribution is -2.12. The topological polar surface area (TPSA) is 21.3 Å². The van der Waals surface area contributed by atoms with E-state index in [1.165, 1.54) is 17.7 Å². The Morgan fingerprint density at radius 1 is 1.05 bits per heavy atom. The van der Waals surface area contributed by atoms with Crippen molar-refractivity contribution in [3.63, 3.8) is 0 Å². The van der Waals surface area contributed by atoms with E-state index in [1.807, 2.05) is 25.1 Å². The Balaban J connectivity index is 1.83. The van der Waals surface area contributed by atoms with Gasteiger partial charge in [-0.25, -0.2) is 4.39 Å². The zero-order chi connectivity index (χ0) is 13.7. The summed E-state index contributed by atoms with van der Waals surface area (Å²) in [6, 6.07) is 12.7. The van der Waals surface area contributed by atoms with Crippen molar-refractivity contribution >= 4 is 5.69 Å². The van der Waals surface area contributed by atoms with E-state index in [0.717, 1.165) is 17.0 Å². The Hall–Kier alpha value is -2.03. The van der Waals surface area contributed by atoms with Gasteiger partial charge in [-0.2, -0.15) is 0 Å². The SMILES string of the molecule is Cc1ccccc1NCCOc1ccc(F)cc1C. The van der Waals surface area contributed by atoms with Crippen molar-refractivity contribution in [3.8, 4) is 5.75 Å². The van der Waals surface area contributed by atoms with Gasteiger partial charge in [0.25, 0.3) is 0 Å². The number of nitrogens with one attached hydrogen (secondary N) is 1. The second-order valence-electron chi connectivity index (χ2n) is 4.50. The van der Waals surface area contributed by atoms with Crippen LogP contribution in [0.4, 0.5) is 10.1 Å². The number of para-hydroxylation sites is 1. The molecule has 0 aliphatic heterocycles. The monoisotopic (exact) mass is 259 g/mol. The van der Waals surface area contributed by atoms with Gasteiger partial charge in [0.1, 0.15) is 18.2 Å². The summed E-state index contributed by atoms with van der Waals surface area (Å²) in [5, 5.41) is 3.31. The van der Waals surface area contributed by atoms with Crippen LogP contribution in [0.15, 0.2) is 42.5 Å². The Labute approximate surface area is 113 Å². The fraction of sp³-hybridized carbons (Fsp3) is 0.250. The number of hydrogen-bond acceptors (Lipinski definition) is 2. The molecule has 2 aromatic rings. The summed E-state index contributed by atoms with van der Waals surface area (Å²) in [5.74, 6) is 0.496. The first-order valence-corrected chi connectivity index (χ1v) is 6.35. The van der Waals surface area contributed by atoms with Crippen LogP contribution in [-0.2, 0) is 0 Å². The zero-order valence-electron chi connectivity index (χ0n) is 11.2. The highest BCUT2D eigenvalue weighted by Crippen LogP contribution is 2.18. The van der Waals surface area contributed by atoms with Gasteiger partial charge in [0.15, 0.2) is 0 Å². The Morgan fingerprint density at radius 2 is 1.84 bits per heavy atom. The molecule has 0 amide bonds. The Bertz CT molecular complexity index is 554. The molecule has 100 valence electrons. The summed E-state index contributed by atoms with van der Waals surface area (Å²) in [4.78, 5) is 0. The largest absolute Gasteiger partial charge is 0.491 e. The minimum Gasteiger partial charge on any atom is -0.491 e. The van der Waals surface area contributed by atoms with Crippen LogP contribution in [0.5, 0.6) is 5.75 Å². The lowest BCUT2D eigenvalue weighted by Gasteiger charge is -2.11. The molecule has 0 fully saturated rings. The van der Waals surface area contributed by atoms with E-state index in [4.69, 9.17) is 4.74 Å². The molecule has 0 saturated carbocycles. The van der Waals surface area contributed by atoms with Crippen LogP contribution < -0.4 is 10.1 Å². The van der Waals surface area contributed by atoms with Gasteiger partial charge in [-0.1, -0.05) is 18.2 Å². The van der Waals surface area contributed by atoms with E-state index in [2.05, 4.69) is 18.3 Å². The average Bonchev–Trinajstić information content (AvgIpc) is 2.38. The normalized spacial score (nSPS) is 10.3. The highest BCUT2D eigenvalue weighted by atomic mass is 19.1. The maximum absolute atomic E-state index is 12.9. The highest BCUT2D eigenvalue weighted by molar-refractivity contribution is 5.50. The first kappa shape index (κ1) is 13.4. The standard InChI is InChI=1S/C16H18FNO/c1-12-5-3-4-6-15(12)18-9-10-19-16-8-7-14(17)11-13(16)2/h3-8,11,18H,9-10H2,1-2H3. The van der Waals surface area contributed by atoms with Crippen molar-refractivity contribution < 1.29 is 9.13 Å². The molecular weight excluding hydrogens is 241 g/mol. The van der Waals surface area contributed by atoms with Crippen molar-refractivity contribution in [2.75, 3.05) is 18.5 Å². The van der Waals surface area contributed by atoms with Gasteiger partial charge < -0.3 is 10.1 Å². The molecule has 0 radical (unpaired) electrons. The van der Waals surface area contributed by atoms with Gasteiger partial charge in [0, 0.05) is 12.2 Å². The minimum absolute atomic E-state index is 0.233. The number of hydrogen-bond donors (Lipinski definition) is 1. The number of aryl methyl sites for hydroxylation is 2. The first-order valence-electron chi connectivity index (χ1n) is 6.35. The predicted octanol–water partition coefficient (Wildman–Crippen LogP) is 3.93. The van der Waals surface area contributed by atoms with Gasteiger partial charge in [0.2, 0.25) is 0 Å². The van der Waals surface area contributed by atoms with Gasteiger partial charge >= 0.3 is 0 Å². The maximum atomic E-state index is 12.9. The maximum Gasteiger partial charge on any atom is 0.123 e. The van der Waals surface area contributed by atoms with E-state index in [9.17, 15) is 4.39 Å². The average molecular weight is 259 g/mol. The third kappa shape index (κ3) is 3.71. The predicted molar refractivity (Wildman–Crippen MR) is 76.3 cm³/mol. The second-order valence-corrected chi connectivity index (χ2v) is 4.50. The van der Waals surface area contributed by atoms with Crippen LogP contribution in [0.25, 0.3) is 0 Å². The van der Waals surface area contributed by atoms with Crippen molar-refractivity contribution in [1.82, 2.24) is 0 Å². The molecular formula is C16H18FNO. The van der Waals surface area contributed by atoms with Crippen LogP contribution in [0.3, 0.4) is 0 Å². The number of rotatable bonds is 5. The molecule has 2 rings (SSSR count). The molecule has 0 aliphatic rings. The molecule has 0 unspecified atom stereocenters. The highest BCUT2D eigenvalue weighted by Gasteiger charge is 2.01. The number of ether oxygens (including phenoxy) is 1. The number of halogens is 1. The van der Waals surface area contributed by atoms with E-state index in [0.29, 0.717) is 13.2 Å². The van der Waals surface area contributed by atoms with Crippen molar-refractivity contribution in [3.05, 3.63) is 59.4 Å². The van der Waals surface area contributed by atoms with Gasteiger partial charge in [-0.05, 0) is 49.2 Å². The van der Waals surface area contributed by atoms with E-state index in [1.54, 1.807) is 6.07 Å². The number of anilines is 1. The van der Waals surface area contributed by atoms with Gasteiger partial charge in [0.05, 0.1) is 0 Å². The summed E-state index contributed by atoms with van der Waals surface area (Å²) in [6.45, 7) is 5.16. The fourth-order valence-corrected chi connectivity index (χ4v) is 1.89. The molecule has 0 atom stereocenters. The second kappa shape index (κ2) is 6.23. The van der Waals surface area contributed by atoms with Crippen molar-refractivity contribution in [2.24, 2.45) is 0 Å². The van der Waals surface area contributed by atoms with Crippen LogP contribution in [0, 0.1) is 19.7 Å². The van der Waals surface area contributed by atoms with Crippen LogP contribution in [-0.4, -0.2) is 13.2 Å². The van der Waals surface area contributed by atoms with Crippen molar-refractivity contribution in [1.29, 1.82) is 0 Å². The summed E-state index contributed by atoms with van der Waals surface area (Å²) >= 11 is 0. The molecule has 0 aromatic heterocycles. The third-order valence-corrected chi connectivity index (χ3v) is 2.96. The third-order valence-electron chi connectivity index (χ3n) is 2.96. The quantitative estimate of drug-likeness (QED) is 0.821. The van der Waals surface area contributed by atoms with E-state index < -0.39 is 0 Å². The molecule has 19 heavy (non-hydrogen) atoms. The summed E-state index contributed by atoms with van der Waals surface area (Å²) in [6.07, 6.45) is 0. The summed E-state index contributed by atoms with van der Waals surface area (Å²) < 4.78 is 18.6. The Morgan fingerprint density at radius 3 is 2.58 bits per heavy atom. The molecule has 3 heteroatoms. The van der Waals surface area contributed by atoms with Crippen LogP contribution in [0.1, 0.15) is 11.1 Å². The summed E-state index contributed by atoms with van der Waals surface area (Å²) in [7, 11) is 0. The van der Waals surface area contributed by atoms with Gasteiger partial charge in [-0.15, -0.1) is 0 Å². The van der Waals surface area contributed by atoms with Gasteiger partial charge in [-0.3, -0.25) is 0 Å². The lowest BCUT2D eigenvalue weighted by atomic mass is 10.2. The van der Waals surface area contributed by atoms with Crippen molar-refractivity contribution in [2.45, 2.75) is 13.8 Å². The first-order chi connectivity index (χ1) is 9.16. The summed E-state index contributed by atoms with van der Waals surface area (Å²) in [5.41, 5.74) is 3.14. The fourth-order valence-electron chi connectivity index (χ4n) is 1.89. The molecule has 0 heterocycles. The molecule has 2 nitrogen and oxygen atoms in total. The smallest absolute Gasteiger partial charge is 0.123 e. The Kier molecular flexibility index (Phi) is 4.39. The molecule has 0 saturated heterocycles. The van der Waals surface area contributed by atoms with Crippen LogP contribution in [0.2, 0.25) is 0 Å². The van der Waals surface area contributed by atoms with E-state index in [-0.39, 0.29) is 5.82 Å². The van der Waals surface area contributed by atoms with E-state index >= 15 is 0 Å². The molecule has 2 aromatic carbocycles.